The molecule has 5 rings (SSSR count). The van der Waals surface area contributed by atoms with E-state index in [2.05, 4.69) is 9.98 Å². The average Bonchev–Trinajstić information content (AvgIpc) is 3.32. The Bertz CT molecular complexity index is 1290. The van der Waals surface area contributed by atoms with Gasteiger partial charge in [0.1, 0.15) is 11.3 Å². The Hall–Kier alpha value is -3.87. The lowest BCUT2D eigenvalue weighted by atomic mass is 9.90. The zero-order chi connectivity index (χ0) is 20.1. The molecule has 1 aromatic heterocycles. The topological polar surface area (TPSA) is 79.7 Å². The number of aromatic nitrogens is 2. The van der Waals surface area contributed by atoms with Gasteiger partial charge >= 0.3 is 5.69 Å². The van der Waals surface area contributed by atoms with Gasteiger partial charge in [-0.25, -0.2) is 4.79 Å². The summed E-state index contributed by atoms with van der Waals surface area (Å²) in [5.74, 6) is 1.11. The molecule has 7 nitrogen and oxygen atoms in total. The molecule has 0 radical (unpaired) electrons. The van der Waals surface area contributed by atoms with Crippen LogP contribution in [0.25, 0.3) is 16.6 Å². The molecule has 3 aromatic rings. The van der Waals surface area contributed by atoms with Crippen molar-refractivity contribution in [1.29, 1.82) is 0 Å². The molecule has 0 spiro atoms. The molecule has 2 aliphatic heterocycles. The number of benzene rings is 2. The molecule has 3 heterocycles. The van der Waals surface area contributed by atoms with Crippen LogP contribution in [0.4, 0.5) is 0 Å². The third-order valence-electron chi connectivity index (χ3n) is 5.29. The number of imidazole rings is 1. The minimum absolute atomic E-state index is 0.0755. The summed E-state index contributed by atoms with van der Waals surface area (Å²) >= 11 is 0. The van der Waals surface area contributed by atoms with Gasteiger partial charge in [-0.15, -0.1) is 0 Å². The van der Waals surface area contributed by atoms with Gasteiger partial charge in [0.15, 0.2) is 11.8 Å². The first-order chi connectivity index (χ1) is 14.0. The van der Waals surface area contributed by atoms with Crippen LogP contribution in [0.15, 0.2) is 70.1 Å². The predicted molar refractivity (Wildman–Crippen MR) is 111 cm³/mol. The molecule has 0 fully saturated rings. The number of amides is 1. The van der Waals surface area contributed by atoms with Crippen LogP contribution in [0.3, 0.4) is 0 Å². The summed E-state index contributed by atoms with van der Waals surface area (Å²) in [6.07, 6.45) is 5.30. The highest BCUT2D eigenvalue weighted by atomic mass is 16.5. The zero-order valence-electron chi connectivity index (χ0n) is 15.9. The molecular formula is C22H18N4O3. The summed E-state index contributed by atoms with van der Waals surface area (Å²) in [5, 5.41) is 0. The van der Waals surface area contributed by atoms with E-state index in [9.17, 15) is 9.59 Å². The SMILES string of the molecule is CN1C=C(c2ccc3c([nH]c(=O)n3C)c2Oc2ccccc2)C2=CC=NC2C1=O. The molecule has 1 N–H and O–H groups in total. The zero-order valence-corrected chi connectivity index (χ0v) is 15.9. The van der Waals surface area contributed by atoms with E-state index in [-0.39, 0.29) is 11.6 Å². The molecule has 1 amide bonds. The van der Waals surface area contributed by atoms with Crippen LogP contribution < -0.4 is 10.4 Å². The first-order valence-corrected chi connectivity index (χ1v) is 9.22. The molecule has 144 valence electrons. The lowest BCUT2D eigenvalue weighted by Crippen LogP contribution is -2.36. The minimum atomic E-state index is -0.546. The summed E-state index contributed by atoms with van der Waals surface area (Å²) in [6, 6.07) is 12.6. The molecule has 1 atom stereocenters. The minimum Gasteiger partial charge on any atom is -0.454 e. The van der Waals surface area contributed by atoms with Crippen molar-refractivity contribution in [3.8, 4) is 11.5 Å². The Labute approximate surface area is 166 Å². The van der Waals surface area contributed by atoms with Crippen LogP contribution in [-0.2, 0) is 11.8 Å². The number of allylic oxidation sites excluding steroid dienone is 1. The number of rotatable bonds is 3. The highest BCUT2D eigenvalue weighted by Crippen LogP contribution is 2.42. The summed E-state index contributed by atoms with van der Waals surface area (Å²) < 4.78 is 7.80. The molecule has 0 bridgehead atoms. The van der Waals surface area contributed by atoms with Crippen molar-refractivity contribution in [1.82, 2.24) is 14.5 Å². The Balaban J connectivity index is 1.76. The number of fused-ring (bicyclic) bond motifs is 2. The fraction of sp³-hybridized carbons (Fsp3) is 0.136. The lowest BCUT2D eigenvalue weighted by Gasteiger charge is -2.27. The number of aromatic amines is 1. The Morgan fingerprint density at radius 1 is 1.07 bits per heavy atom. The van der Waals surface area contributed by atoms with E-state index in [0.29, 0.717) is 17.0 Å². The molecule has 0 aliphatic carbocycles. The van der Waals surface area contributed by atoms with E-state index in [1.165, 1.54) is 0 Å². The number of hydrogen-bond acceptors (Lipinski definition) is 4. The van der Waals surface area contributed by atoms with Gasteiger partial charge in [0.2, 0.25) is 0 Å². The third-order valence-corrected chi connectivity index (χ3v) is 5.29. The smallest absolute Gasteiger partial charge is 0.326 e. The molecule has 2 aliphatic rings. The van der Waals surface area contributed by atoms with Gasteiger partial charge in [-0.2, -0.15) is 0 Å². The van der Waals surface area contributed by atoms with E-state index in [0.717, 1.165) is 22.2 Å². The maximum atomic E-state index is 12.5. The summed E-state index contributed by atoms with van der Waals surface area (Å²) in [7, 11) is 3.43. The van der Waals surface area contributed by atoms with Crippen LogP contribution in [0, 0.1) is 0 Å². The first kappa shape index (κ1) is 17.2. The fourth-order valence-corrected chi connectivity index (χ4v) is 3.76. The maximum Gasteiger partial charge on any atom is 0.326 e. The number of hydrogen-bond donors (Lipinski definition) is 1. The van der Waals surface area contributed by atoms with Crippen LogP contribution >= 0.6 is 0 Å². The molecule has 29 heavy (non-hydrogen) atoms. The van der Waals surface area contributed by atoms with Gasteiger partial charge in [-0.05, 0) is 35.9 Å². The van der Waals surface area contributed by atoms with E-state index in [1.807, 2.05) is 48.5 Å². The molecule has 2 aromatic carbocycles. The average molecular weight is 386 g/mol. The van der Waals surface area contributed by atoms with Gasteiger partial charge in [-0.3, -0.25) is 14.4 Å². The molecule has 0 saturated heterocycles. The number of nitrogens with zero attached hydrogens (tertiary/aromatic N) is 3. The summed E-state index contributed by atoms with van der Waals surface area (Å²) in [6.45, 7) is 0. The van der Waals surface area contributed by atoms with Crippen molar-refractivity contribution >= 4 is 28.7 Å². The molecule has 1 unspecified atom stereocenters. The number of aryl methyl sites for hydroxylation is 1. The Morgan fingerprint density at radius 2 is 1.86 bits per heavy atom. The quantitative estimate of drug-likeness (QED) is 0.752. The monoisotopic (exact) mass is 386 g/mol. The number of carbonyl (C=O) groups is 1. The van der Waals surface area contributed by atoms with Crippen molar-refractivity contribution in [2.45, 2.75) is 6.04 Å². The second-order valence-electron chi connectivity index (χ2n) is 7.06. The molecular weight excluding hydrogens is 368 g/mol. The van der Waals surface area contributed by atoms with Gasteiger partial charge < -0.3 is 14.6 Å². The van der Waals surface area contributed by atoms with E-state index < -0.39 is 6.04 Å². The van der Waals surface area contributed by atoms with Crippen molar-refractivity contribution < 1.29 is 9.53 Å². The predicted octanol–water partition coefficient (Wildman–Crippen LogP) is 2.85. The van der Waals surface area contributed by atoms with Gasteiger partial charge in [0.25, 0.3) is 5.91 Å². The van der Waals surface area contributed by atoms with Crippen LogP contribution in [0.5, 0.6) is 11.5 Å². The van der Waals surface area contributed by atoms with Crippen molar-refractivity contribution in [2.24, 2.45) is 12.0 Å². The van der Waals surface area contributed by atoms with E-state index >= 15 is 0 Å². The summed E-state index contributed by atoms with van der Waals surface area (Å²) in [4.78, 5) is 33.5. The van der Waals surface area contributed by atoms with Gasteiger partial charge in [0, 0.05) is 37.6 Å². The Morgan fingerprint density at radius 3 is 2.66 bits per heavy atom. The molecule has 0 saturated carbocycles. The van der Waals surface area contributed by atoms with Crippen molar-refractivity contribution in [3.63, 3.8) is 0 Å². The number of carbonyl (C=O) groups excluding carboxylic acids is 1. The maximum absolute atomic E-state index is 12.5. The second-order valence-corrected chi connectivity index (χ2v) is 7.06. The third kappa shape index (κ3) is 2.62. The number of likely N-dealkylation sites (N-methyl/N-ethyl adjacent to an activating group) is 1. The second kappa shape index (κ2) is 6.34. The highest BCUT2D eigenvalue weighted by molar-refractivity contribution is 6.05. The highest BCUT2D eigenvalue weighted by Gasteiger charge is 2.35. The van der Waals surface area contributed by atoms with Crippen molar-refractivity contribution in [2.75, 3.05) is 7.05 Å². The summed E-state index contributed by atoms with van der Waals surface area (Å²) in [5.41, 5.74) is 3.57. The lowest BCUT2D eigenvalue weighted by molar-refractivity contribution is -0.128. The van der Waals surface area contributed by atoms with E-state index in [4.69, 9.17) is 4.74 Å². The number of aliphatic imine (C=N–C) groups is 1. The van der Waals surface area contributed by atoms with Crippen molar-refractivity contribution in [3.05, 3.63) is 76.4 Å². The Kier molecular flexibility index (Phi) is 3.77. The fourth-order valence-electron chi connectivity index (χ4n) is 3.76. The number of ether oxygens (including phenoxy) is 1. The van der Waals surface area contributed by atoms with Crippen LogP contribution in [0.2, 0.25) is 0 Å². The number of nitrogens with one attached hydrogen (secondary N) is 1. The van der Waals surface area contributed by atoms with Gasteiger partial charge in [0.05, 0.1) is 5.52 Å². The standard InChI is InChI=1S/C22H18N4O3/c1-25-12-16(14-10-11-23-18(14)21(25)27)15-8-9-17-19(24-22(28)26(17)2)20(15)29-13-6-4-3-5-7-13/h3-12,18H,1-2H3,(H,24,28). The number of para-hydroxylation sites is 1. The van der Waals surface area contributed by atoms with Crippen LogP contribution in [0.1, 0.15) is 5.56 Å². The molecule has 7 heteroatoms. The van der Waals surface area contributed by atoms with E-state index in [1.54, 1.807) is 36.0 Å². The number of H-pyrrole nitrogens is 1. The van der Waals surface area contributed by atoms with Crippen LogP contribution in [-0.4, -0.2) is 39.7 Å². The first-order valence-electron chi connectivity index (χ1n) is 9.22. The largest absolute Gasteiger partial charge is 0.454 e. The normalized spacial score (nSPS) is 18.1. The van der Waals surface area contributed by atoms with Gasteiger partial charge in [-0.1, -0.05) is 18.2 Å².